The smallest absolute Gasteiger partial charge is 0.410 e. The number of rotatable bonds is 2. The molecule has 4 nitrogen and oxygen atoms in total. The predicted molar refractivity (Wildman–Crippen MR) is 84.0 cm³/mol. The second-order valence-corrected chi connectivity index (χ2v) is 5.96. The van der Waals surface area contributed by atoms with Crippen molar-refractivity contribution >= 4 is 11.8 Å². The van der Waals surface area contributed by atoms with E-state index in [0.717, 1.165) is 39.0 Å². The quantitative estimate of drug-likeness (QED) is 0.832. The highest BCUT2D eigenvalue weighted by atomic mass is 16.6. The molecule has 0 atom stereocenters. The van der Waals surface area contributed by atoms with Crippen molar-refractivity contribution in [1.82, 2.24) is 4.90 Å². The molecule has 0 unspecified atom stereocenters. The summed E-state index contributed by atoms with van der Waals surface area (Å²) in [6.45, 7) is 3.91. The van der Waals surface area contributed by atoms with Crippen LogP contribution in [0.3, 0.4) is 0 Å². The topological polar surface area (TPSA) is 32.8 Å². The molecule has 1 aromatic carbocycles. The highest BCUT2D eigenvalue weighted by Gasteiger charge is 2.18. The van der Waals surface area contributed by atoms with Crippen LogP contribution in [-0.2, 0) is 0 Å². The molecule has 114 valence electrons. The molecule has 1 aromatic rings. The number of carbonyl (C=O) groups is 1. The van der Waals surface area contributed by atoms with E-state index in [0.29, 0.717) is 5.75 Å². The summed E-state index contributed by atoms with van der Waals surface area (Å²) in [4.78, 5) is 16.3. The number of likely N-dealkylation sites (tertiary alicyclic amines) is 1. The summed E-state index contributed by atoms with van der Waals surface area (Å²) >= 11 is 0. The minimum absolute atomic E-state index is 0.208. The molecule has 2 aliphatic rings. The van der Waals surface area contributed by atoms with E-state index in [1.165, 1.54) is 31.4 Å². The number of benzene rings is 1. The number of amides is 1. The van der Waals surface area contributed by atoms with Gasteiger partial charge < -0.3 is 14.5 Å². The van der Waals surface area contributed by atoms with E-state index in [1.54, 1.807) is 0 Å². The van der Waals surface area contributed by atoms with E-state index >= 15 is 0 Å². The van der Waals surface area contributed by atoms with Crippen LogP contribution in [0.1, 0.15) is 38.5 Å². The van der Waals surface area contributed by atoms with Crippen LogP contribution in [-0.4, -0.2) is 37.2 Å². The number of ether oxygens (including phenoxy) is 1. The predicted octanol–water partition coefficient (Wildman–Crippen LogP) is 3.66. The Labute approximate surface area is 126 Å². The van der Waals surface area contributed by atoms with Crippen LogP contribution in [0.15, 0.2) is 24.3 Å². The maximum absolute atomic E-state index is 12.0. The van der Waals surface area contributed by atoms with E-state index in [4.69, 9.17) is 4.74 Å². The first-order valence-electron chi connectivity index (χ1n) is 8.15. The number of carbonyl (C=O) groups excluding carboxylic acids is 1. The van der Waals surface area contributed by atoms with Crippen LogP contribution >= 0.6 is 0 Å². The fourth-order valence-corrected chi connectivity index (χ4v) is 3.12. The maximum atomic E-state index is 12.0. The van der Waals surface area contributed by atoms with E-state index < -0.39 is 0 Å². The molecule has 2 fully saturated rings. The zero-order valence-corrected chi connectivity index (χ0v) is 12.6. The molecule has 21 heavy (non-hydrogen) atoms. The second kappa shape index (κ2) is 6.83. The van der Waals surface area contributed by atoms with Crippen molar-refractivity contribution < 1.29 is 9.53 Å². The third kappa shape index (κ3) is 3.69. The van der Waals surface area contributed by atoms with Gasteiger partial charge in [-0.3, -0.25) is 0 Å². The van der Waals surface area contributed by atoms with E-state index in [2.05, 4.69) is 17.0 Å². The number of nitrogens with zero attached hydrogens (tertiary/aromatic N) is 2. The van der Waals surface area contributed by atoms with Gasteiger partial charge in [0.25, 0.3) is 0 Å². The molecule has 0 aliphatic carbocycles. The Morgan fingerprint density at radius 1 is 0.810 bits per heavy atom. The summed E-state index contributed by atoms with van der Waals surface area (Å²) in [6.07, 6.45) is 7.06. The summed E-state index contributed by atoms with van der Waals surface area (Å²) in [5.41, 5.74) is 1.23. The number of piperidine rings is 2. The lowest BCUT2D eigenvalue weighted by Crippen LogP contribution is -2.37. The summed E-state index contributed by atoms with van der Waals surface area (Å²) in [5.74, 6) is 0.645. The second-order valence-electron chi connectivity index (χ2n) is 5.96. The zero-order valence-electron chi connectivity index (χ0n) is 12.6. The number of hydrogen-bond acceptors (Lipinski definition) is 3. The first-order chi connectivity index (χ1) is 10.3. The largest absolute Gasteiger partial charge is 0.415 e. The molecule has 3 rings (SSSR count). The first kappa shape index (κ1) is 14.2. The molecule has 1 amide bonds. The Balaban J connectivity index is 1.57. The number of hydrogen-bond donors (Lipinski definition) is 0. The summed E-state index contributed by atoms with van der Waals surface area (Å²) in [6, 6.07) is 7.94. The Bertz CT molecular complexity index is 460. The van der Waals surface area contributed by atoms with Crippen molar-refractivity contribution in [2.45, 2.75) is 38.5 Å². The summed E-state index contributed by atoms with van der Waals surface area (Å²) in [5, 5.41) is 0. The van der Waals surface area contributed by atoms with Crippen molar-refractivity contribution in [3.05, 3.63) is 24.3 Å². The van der Waals surface area contributed by atoms with Crippen molar-refractivity contribution in [2.24, 2.45) is 0 Å². The average Bonchev–Trinajstić information content (AvgIpc) is 2.57. The van der Waals surface area contributed by atoms with Crippen molar-refractivity contribution in [3.8, 4) is 5.75 Å². The minimum atomic E-state index is -0.208. The van der Waals surface area contributed by atoms with Crippen LogP contribution in [0.4, 0.5) is 10.5 Å². The standard InChI is InChI=1S/C17H24N2O2/c20-17(19-13-5-2-6-14-19)21-16-9-7-15(8-10-16)18-11-3-1-4-12-18/h7-10H,1-6,11-14H2. The van der Waals surface area contributed by atoms with E-state index in [9.17, 15) is 4.79 Å². The van der Waals surface area contributed by atoms with Gasteiger partial charge in [0.05, 0.1) is 0 Å². The molecule has 0 aromatic heterocycles. The van der Waals surface area contributed by atoms with E-state index in [1.807, 2.05) is 17.0 Å². The molecule has 2 saturated heterocycles. The van der Waals surface area contributed by atoms with Crippen molar-refractivity contribution in [2.75, 3.05) is 31.1 Å². The molecule has 0 spiro atoms. The van der Waals surface area contributed by atoms with Crippen LogP contribution < -0.4 is 9.64 Å². The number of anilines is 1. The molecule has 0 bridgehead atoms. The van der Waals surface area contributed by atoms with Crippen LogP contribution in [0, 0.1) is 0 Å². The molecular formula is C17H24N2O2. The van der Waals surface area contributed by atoms with Gasteiger partial charge in [-0.2, -0.15) is 0 Å². The Morgan fingerprint density at radius 2 is 1.38 bits per heavy atom. The normalized spacial score (nSPS) is 19.4. The van der Waals surface area contributed by atoms with Crippen LogP contribution in [0.5, 0.6) is 5.75 Å². The van der Waals surface area contributed by atoms with Crippen LogP contribution in [0.2, 0.25) is 0 Å². The lowest BCUT2D eigenvalue weighted by molar-refractivity contribution is 0.142. The van der Waals surface area contributed by atoms with Gasteiger partial charge in [-0.1, -0.05) is 0 Å². The lowest BCUT2D eigenvalue weighted by atomic mass is 10.1. The van der Waals surface area contributed by atoms with Gasteiger partial charge in [-0.25, -0.2) is 4.79 Å². The monoisotopic (exact) mass is 288 g/mol. The van der Waals surface area contributed by atoms with E-state index in [-0.39, 0.29) is 6.09 Å². The Hall–Kier alpha value is -1.71. The Morgan fingerprint density at radius 3 is 2.00 bits per heavy atom. The molecule has 2 aliphatic heterocycles. The Kier molecular flexibility index (Phi) is 4.63. The molecule has 0 saturated carbocycles. The molecule has 2 heterocycles. The van der Waals surface area contributed by atoms with Gasteiger partial charge in [0.1, 0.15) is 5.75 Å². The first-order valence-corrected chi connectivity index (χ1v) is 8.15. The van der Waals surface area contributed by atoms with Crippen molar-refractivity contribution in [1.29, 1.82) is 0 Å². The fraction of sp³-hybridized carbons (Fsp3) is 0.588. The summed E-state index contributed by atoms with van der Waals surface area (Å²) in [7, 11) is 0. The van der Waals surface area contributed by atoms with Gasteiger partial charge in [-0.15, -0.1) is 0 Å². The minimum Gasteiger partial charge on any atom is -0.410 e. The molecule has 0 radical (unpaired) electrons. The molecule has 4 heteroatoms. The third-order valence-electron chi connectivity index (χ3n) is 4.38. The maximum Gasteiger partial charge on any atom is 0.415 e. The highest BCUT2D eigenvalue weighted by molar-refractivity contribution is 5.71. The average molecular weight is 288 g/mol. The van der Waals surface area contributed by atoms with Crippen molar-refractivity contribution in [3.63, 3.8) is 0 Å². The third-order valence-corrected chi connectivity index (χ3v) is 4.38. The fourth-order valence-electron chi connectivity index (χ4n) is 3.12. The zero-order chi connectivity index (χ0) is 14.5. The van der Waals surface area contributed by atoms with Gasteiger partial charge >= 0.3 is 6.09 Å². The van der Waals surface area contributed by atoms with Gasteiger partial charge in [-0.05, 0) is 62.8 Å². The molecular weight excluding hydrogens is 264 g/mol. The molecule has 0 N–H and O–H groups in total. The van der Waals surface area contributed by atoms with Gasteiger partial charge in [0.15, 0.2) is 0 Å². The van der Waals surface area contributed by atoms with Gasteiger partial charge in [0, 0.05) is 31.9 Å². The highest BCUT2D eigenvalue weighted by Crippen LogP contribution is 2.23. The lowest BCUT2D eigenvalue weighted by Gasteiger charge is -2.29. The van der Waals surface area contributed by atoms with Gasteiger partial charge in [0.2, 0.25) is 0 Å². The SMILES string of the molecule is O=C(Oc1ccc(N2CCCCC2)cc1)N1CCCCC1. The summed E-state index contributed by atoms with van der Waals surface area (Å²) < 4.78 is 5.46. The van der Waals surface area contributed by atoms with Crippen LogP contribution in [0.25, 0.3) is 0 Å².